The van der Waals surface area contributed by atoms with Gasteiger partial charge in [0.15, 0.2) is 11.5 Å². The van der Waals surface area contributed by atoms with Crippen molar-refractivity contribution in [2.75, 3.05) is 26.2 Å². The molecule has 0 spiro atoms. The van der Waals surface area contributed by atoms with Crippen LogP contribution in [0, 0.1) is 0 Å². The first kappa shape index (κ1) is 18.2. The summed E-state index contributed by atoms with van der Waals surface area (Å²) in [4.78, 5) is 27.3. The Morgan fingerprint density at radius 3 is 2.50 bits per heavy atom. The van der Waals surface area contributed by atoms with E-state index >= 15 is 0 Å². The molecule has 1 unspecified atom stereocenters. The van der Waals surface area contributed by atoms with E-state index in [4.69, 9.17) is 18.6 Å². The Bertz CT molecular complexity index is 1010. The summed E-state index contributed by atoms with van der Waals surface area (Å²) in [6.45, 7) is 0. The predicted octanol–water partition coefficient (Wildman–Crippen LogP) is 3.41. The first-order valence-electron chi connectivity index (χ1n) is 8.43. The lowest BCUT2D eigenvalue weighted by Crippen LogP contribution is -2.32. The van der Waals surface area contributed by atoms with Crippen molar-refractivity contribution in [3.63, 3.8) is 0 Å². The highest BCUT2D eigenvalue weighted by molar-refractivity contribution is 8.07. The Hall–Kier alpha value is -3.13. The molecule has 1 aromatic carbocycles. The third-order valence-corrected chi connectivity index (χ3v) is 5.82. The number of nitrogens with zero attached hydrogens (tertiary/aromatic N) is 1. The van der Waals surface area contributed by atoms with Crippen molar-refractivity contribution in [3.8, 4) is 5.75 Å². The number of fused-ring (bicyclic) bond motifs is 1. The second kappa shape index (κ2) is 7.12. The Morgan fingerprint density at radius 1 is 1.07 bits per heavy atom. The van der Waals surface area contributed by atoms with Gasteiger partial charge in [-0.1, -0.05) is 23.9 Å². The van der Waals surface area contributed by atoms with E-state index in [1.807, 2.05) is 36.2 Å². The zero-order valence-corrected chi connectivity index (χ0v) is 16.2. The molecule has 3 heterocycles. The van der Waals surface area contributed by atoms with Crippen LogP contribution in [0.4, 0.5) is 5.69 Å². The molecule has 0 bridgehead atoms. The van der Waals surface area contributed by atoms with Crippen molar-refractivity contribution >= 4 is 29.4 Å². The fourth-order valence-electron chi connectivity index (χ4n) is 3.26. The first-order chi connectivity index (χ1) is 13.6. The molecule has 1 aromatic heterocycles. The molecule has 0 radical (unpaired) electrons. The number of benzene rings is 1. The molecule has 0 saturated carbocycles. The molecule has 2 aromatic rings. The fraction of sp³-hybridized carbons (Fsp3) is 0.200. The highest BCUT2D eigenvalue weighted by Gasteiger charge is 2.45. The zero-order valence-electron chi connectivity index (χ0n) is 15.4. The van der Waals surface area contributed by atoms with Crippen molar-refractivity contribution < 1.29 is 28.2 Å². The SMILES string of the molecule is COC(=O)C1=C(C(=O)OC)C(c2ccco2)C2=C(S1)N(C)c1ccccc1O2. The van der Waals surface area contributed by atoms with E-state index in [2.05, 4.69) is 0 Å². The summed E-state index contributed by atoms with van der Waals surface area (Å²) in [7, 11) is 4.41. The summed E-state index contributed by atoms with van der Waals surface area (Å²) in [5.74, 6) is -0.418. The summed E-state index contributed by atoms with van der Waals surface area (Å²) in [6, 6.07) is 11.0. The Morgan fingerprint density at radius 2 is 1.82 bits per heavy atom. The van der Waals surface area contributed by atoms with Gasteiger partial charge in [0.2, 0.25) is 0 Å². The highest BCUT2D eigenvalue weighted by atomic mass is 32.2. The average molecular weight is 399 g/mol. The van der Waals surface area contributed by atoms with E-state index in [0.29, 0.717) is 22.3 Å². The van der Waals surface area contributed by atoms with Crippen molar-refractivity contribution in [2.24, 2.45) is 0 Å². The van der Waals surface area contributed by atoms with E-state index < -0.39 is 17.9 Å². The van der Waals surface area contributed by atoms with E-state index in [-0.39, 0.29) is 10.5 Å². The summed E-state index contributed by atoms with van der Waals surface area (Å²) < 4.78 is 21.7. The van der Waals surface area contributed by atoms with Crippen molar-refractivity contribution in [2.45, 2.75) is 5.92 Å². The van der Waals surface area contributed by atoms with Crippen molar-refractivity contribution in [1.82, 2.24) is 0 Å². The average Bonchev–Trinajstić information content (AvgIpc) is 3.26. The molecule has 1 atom stereocenters. The van der Waals surface area contributed by atoms with Gasteiger partial charge in [0.05, 0.1) is 31.7 Å². The predicted molar refractivity (Wildman–Crippen MR) is 103 cm³/mol. The van der Waals surface area contributed by atoms with Crippen LogP contribution in [0.25, 0.3) is 0 Å². The molecule has 7 nitrogen and oxygen atoms in total. The maximum atomic E-state index is 12.7. The van der Waals surface area contributed by atoms with Gasteiger partial charge in [-0.15, -0.1) is 0 Å². The molecule has 144 valence electrons. The number of furan rings is 1. The van der Waals surface area contributed by atoms with Crippen LogP contribution in [-0.2, 0) is 19.1 Å². The molecule has 0 N–H and O–H groups in total. The number of thioether (sulfide) groups is 1. The third kappa shape index (κ3) is 2.77. The van der Waals surface area contributed by atoms with E-state index in [1.165, 1.54) is 20.5 Å². The van der Waals surface area contributed by atoms with Crippen LogP contribution >= 0.6 is 11.8 Å². The third-order valence-electron chi connectivity index (χ3n) is 4.56. The number of carbonyl (C=O) groups is 2. The molecule has 2 aliphatic rings. The lowest BCUT2D eigenvalue weighted by atomic mass is 9.92. The van der Waals surface area contributed by atoms with Gasteiger partial charge in [-0.3, -0.25) is 0 Å². The topological polar surface area (TPSA) is 78.2 Å². The van der Waals surface area contributed by atoms with Gasteiger partial charge in [-0.05, 0) is 24.3 Å². The summed E-state index contributed by atoms with van der Waals surface area (Å²) in [6.07, 6.45) is 1.50. The lowest BCUT2D eigenvalue weighted by molar-refractivity contribution is -0.139. The number of hydrogen-bond acceptors (Lipinski definition) is 8. The van der Waals surface area contributed by atoms with Crippen LogP contribution in [0.2, 0.25) is 0 Å². The molecule has 2 aliphatic heterocycles. The molecular formula is C20H17NO6S. The number of rotatable bonds is 3. The largest absolute Gasteiger partial charge is 0.468 e. The number of hydrogen-bond donors (Lipinski definition) is 0. The number of ether oxygens (including phenoxy) is 3. The minimum atomic E-state index is -0.747. The fourth-order valence-corrected chi connectivity index (χ4v) is 4.43. The minimum Gasteiger partial charge on any atom is -0.468 e. The number of methoxy groups -OCH3 is 2. The van der Waals surface area contributed by atoms with Gasteiger partial charge in [0.1, 0.15) is 21.6 Å². The molecule has 28 heavy (non-hydrogen) atoms. The van der Waals surface area contributed by atoms with Gasteiger partial charge in [-0.25, -0.2) is 9.59 Å². The monoisotopic (exact) mass is 399 g/mol. The summed E-state index contributed by atoms with van der Waals surface area (Å²) in [5.41, 5.74) is 0.971. The van der Waals surface area contributed by atoms with Gasteiger partial charge < -0.3 is 23.5 Å². The molecule has 0 amide bonds. The Labute approximate surface area is 165 Å². The van der Waals surface area contributed by atoms with Gasteiger partial charge in [-0.2, -0.15) is 0 Å². The minimum absolute atomic E-state index is 0.126. The number of carbonyl (C=O) groups excluding carboxylic acids is 2. The van der Waals surface area contributed by atoms with Crippen LogP contribution in [0.1, 0.15) is 11.7 Å². The normalized spacial score (nSPS) is 18.2. The van der Waals surface area contributed by atoms with Crippen LogP contribution < -0.4 is 9.64 Å². The van der Waals surface area contributed by atoms with E-state index in [0.717, 1.165) is 17.4 Å². The zero-order chi connectivity index (χ0) is 19.8. The van der Waals surface area contributed by atoms with Gasteiger partial charge in [0, 0.05) is 7.05 Å². The number of para-hydroxylation sites is 2. The van der Waals surface area contributed by atoms with E-state index in [9.17, 15) is 9.59 Å². The Balaban J connectivity index is 1.94. The maximum absolute atomic E-state index is 12.7. The summed E-state index contributed by atoms with van der Waals surface area (Å²) >= 11 is 1.12. The second-order valence-corrected chi connectivity index (χ2v) is 7.07. The lowest BCUT2D eigenvalue weighted by Gasteiger charge is -2.37. The quantitative estimate of drug-likeness (QED) is 0.727. The molecule has 0 saturated heterocycles. The highest BCUT2D eigenvalue weighted by Crippen LogP contribution is 2.53. The molecule has 8 heteroatoms. The Kier molecular flexibility index (Phi) is 4.64. The van der Waals surface area contributed by atoms with Crippen LogP contribution in [-0.4, -0.2) is 33.2 Å². The number of esters is 2. The van der Waals surface area contributed by atoms with Crippen LogP contribution in [0.15, 0.2) is 68.3 Å². The van der Waals surface area contributed by atoms with Gasteiger partial charge in [0.25, 0.3) is 0 Å². The van der Waals surface area contributed by atoms with Crippen LogP contribution in [0.3, 0.4) is 0 Å². The molecule has 0 aliphatic carbocycles. The smallest absolute Gasteiger partial charge is 0.345 e. The van der Waals surface area contributed by atoms with Crippen molar-refractivity contribution in [1.29, 1.82) is 0 Å². The second-order valence-electron chi connectivity index (χ2n) is 6.07. The molecule has 4 rings (SSSR count). The maximum Gasteiger partial charge on any atom is 0.345 e. The van der Waals surface area contributed by atoms with Crippen LogP contribution in [0.5, 0.6) is 5.75 Å². The van der Waals surface area contributed by atoms with E-state index in [1.54, 1.807) is 12.1 Å². The number of anilines is 1. The van der Waals surface area contributed by atoms with Gasteiger partial charge >= 0.3 is 11.9 Å². The molecular weight excluding hydrogens is 382 g/mol. The van der Waals surface area contributed by atoms with Crippen molar-refractivity contribution in [3.05, 3.63) is 69.7 Å². The summed E-state index contributed by atoms with van der Waals surface area (Å²) in [5, 5.41) is 0.674. The first-order valence-corrected chi connectivity index (χ1v) is 9.25. The standard InChI is InChI=1S/C20H17NO6S/c1-21-11-7-4-5-8-12(11)27-16-14(13-9-6-10-26-13)15(19(22)24-2)17(20(23)25-3)28-18(16)21/h4-10,14H,1-3H3. The number of allylic oxidation sites excluding steroid dienone is 1. The molecule has 0 fully saturated rings.